The van der Waals surface area contributed by atoms with Gasteiger partial charge in [-0.15, -0.1) is 0 Å². The lowest BCUT2D eigenvalue weighted by Crippen LogP contribution is -2.55. The maximum absolute atomic E-state index is 13.4. The molecule has 0 spiro atoms. The first-order valence-corrected chi connectivity index (χ1v) is 10.9. The van der Waals surface area contributed by atoms with Crippen molar-refractivity contribution in [3.05, 3.63) is 42.0 Å². The summed E-state index contributed by atoms with van der Waals surface area (Å²) in [4.78, 5) is 15.1. The predicted molar refractivity (Wildman–Crippen MR) is 124 cm³/mol. The summed E-state index contributed by atoms with van der Waals surface area (Å²) < 4.78 is 11.2. The van der Waals surface area contributed by atoms with E-state index in [2.05, 4.69) is 0 Å². The Balaban J connectivity index is 2.27. The first-order valence-electron chi connectivity index (χ1n) is 10.9. The van der Waals surface area contributed by atoms with Crippen LogP contribution in [-0.2, 0) is 4.74 Å². The van der Waals surface area contributed by atoms with Crippen molar-refractivity contribution in [3.63, 3.8) is 0 Å². The Bertz CT molecular complexity index is 983. The van der Waals surface area contributed by atoms with Crippen molar-refractivity contribution >= 4 is 16.9 Å². The maximum Gasteiger partial charge on any atom is 0.410 e. The molecule has 2 aromatic carbocycles. The summed E-state index contributed by atoms with van der Waals surface area (Å²) in [6.07, 6.45) is -0.406. The molecule has 0 aliphatic carbocycles. The van der Waals surface area contributed by atoms with E-state index in [9.17, 15) is 9.90 Å². The van der Waals surface area contributed by atoms with Gasteiger partial charge in [0.15, 0.2) is 0 Å². The number of carbonyl (C=O) groups excluding carboxylic acids is 1. The molecule has 1 heterocycles. The molecule has 5 heteroatoms. The summed E-state index contributed by atoms with van der Waals surface area (Å²) >= 11 is 0. The summed E-state index contributed by atoms with van der Waals surface area (Å²) in [6.45, 7) is 16.2. The molecule has 0 bridgehead atoms. The maximum atomic E-state index is 13.4. The topological polar surface area (TPSA) is 59.0 Å². The third-order valence-corrected chi connectivity index (χ3v) is 6.49. The smallest absolute Gasteiger partial charge is 0.410 e. The Hall–Kier alpha value is -2.27. The van der Waals surface area contributed by atoms with Gasteiger partial charge in [-0.25, -0.2) is 4.79 Å². The first-order chi connectivity index (χ1) is 14.1. The van der Waals surface area contributed by atoms with Gasteiger partial charge in [-0.05, 0) is 54.7 Å². The monoisotopic (exact) mass is 427 g/mol. The number of benzene rings is 2. The first kappa shape index (κ1) is 23.4. The zero-order valence-electron chi connectivity index (χ0n) is 20.4. The SMILES string of the molecule is COc1ccc2c([C@H]3N(C(=O)OC(C)(C)C)CC(C)(C)[C@]3(O)C(C)(C)C)cccc2c1. The summed E-state index contributed by atoms with van der Waals surface area (Å²) in [5.74, 6) is 0.770. The Kier molecular flexibility index (Phi) is 5.59. The Labute approximate surface area is 186 Å². The van der Waals surface area contributed by atoms with Crippen LogP contribution in [0.25, 0.3) is 10.8 Å². The summed E-state index contributed by atoms with van der Waals surface area (Å²) in [7, 11) is 1.65. The number of amides is 1. The van der Waals surface area contributed by atoms with Crippen LogP contribution in [0.1, 0.15) is 67.0 Å². The van der Waals surface area contributed by atoms with Gasteiger partial charge in [-0.3, -0.25) is 4.90 Å². The number of rotatable bonds is 2. The van der Waals surface area contributed by atoms with Gasteiger partial charge in [0, 0.05) is 12.0 Å². The van der Waals surface area contributed by atoms with Gasteiger partial charge in [0.2, 0.25) is 0 Å². The van der Waals surface area contributed by atoms with Crippen LogP contribution in [0.4, 0.5) is 4.79 Å². The number of hydrogen-bond acceptors (Lipinski definition) is 4. The highest BCUT2D eigenvalue weighted by Crippen LogP contribution is 2.59. The second-order valence-corrected chi connectivity index (χ2v) is 11.3. The van der Waals surface area contributed by atoms with Crippen LogP contribution in [0, 0.1) is 10.8 Å². The van der Waals surface area contributed by atoms with E-state index < -0.39 is 34.2 Å². The molecule has 0 unspecified atom stereocenters. The van der Waals surface area contributed by atoms with Gasteiger partial charge in [0.25, 0.3) is 0 Å². The highest BCUT2D eigenvalue weighted by atomic mass is 16.6. The number of aliphatic hydroxyl groups is 1. The standard InChI is InChI=1S/C26H37NO4/c1-23(2,3)26(29)21(27(16-25(26,7)8)22(28)31-24(4,5)6)20-12-10-11-17-15-18(30-9)13-14-19(17)20/h10-15,21,29H,16H2,1-9H3/t21-,26-/m1/s1. The lowest BCUT2D eigenvalue weighted by Gasteiger charge is -2.49. The van der Waals surface area contributed by atoms with Crippen LogP contribution >= 0.6 is 0 Å². The number of nitrogens with zero attached hydrogens (tertiary/aromatic N) is 1. The molecule has 2 aromatic rings. The minimum atomic E-state index is -1.19. The zero-order valence-corrected chi connectivity index (χ0v) is 20.4. The molecule has 31 heavy (non-hydrogen) atoms. The van der Waals surface area contributed by atoms with E-state index in [1.54, 1.807) is 12.0 Å². The number of carbonyl (C=O) groups is 1. The Morgan fingerprint density at radius 3 is 2.29 bits per heavy atom. The minimum absolute atomic E-state index is 0.396. The third-order valence-electron chi connectivity index (χ3n) is 6.49. The average Bonchev–Trinajstić information content (AvgIpc) is 2.86. The molecular weight excluding hydrogens is 390 g/mol. The lowest BCUT2D eigenvalue weighted by molar-refractivity contribution is -0.138. The molecule has 1 aliphatic heterocycles. The van der Waals surface area contributed by atoms with E-state index in [0.717, 1.165) is 22.1 Å². The van der Waals surface area contributed by atoms with E-state index in [1.807, 2.05) is 91.8 Å². The van der Waals surface area contributed by atoms with Gasteiger partial charge in [-0.1, -0.05) is 58.9 Å². The van der Waals surface area contributed by atoms with Gasteiger partial charge < -0.3 is 14.6 Å². The van der Waals surface area contributed by atoms with Crippen LogP contribution in [0.5, 0.6) is 5.75 Å². The van der Waals surface area contributed by atoms with Crippen LogP contribution in [-0.4, -0.2) is 41.0 Å². The van der Waals surface area contributed by atoms with E-state index in [0.29, 0.717) is 6.54 Å². The van der Waals surface area contributed by atoms with Crippen LogP contribution in [0.3, 0.4) is 0 Å². The summed E-state index contributed by atoms with van der Waals surface area (Å²) in [5.41, 5.74) is -1.95. The van der Waals surface area contributed by atoms with Crippen molar-refractivity contribution in [2.75, 3.05) is 13.7 Å². The lowest BCUT2D eigenvalue weighted by atomic mass is 9.60. The predicted octanol–water partition coefficient (Wildman–Crippen LogP) is 5.94. The van der Waals surface area contributed by atoms with Crippen molar-refractivity contribution in [3.8, 4) is 5.75 Å². The number of ether oxygens (including phenoxy) is 2. The number of hydrogen-bond donors (Lipinski definition) is 1. The highest BCUT2D eigenvalue weighted by molar-refractivity contribution is 5.88. The van der Waals surface area contributed by atoms with E-state index >= 15 is 0 Å². The molecule has 0 radical (unpaired) electrons. The van der Waals surface area contributed by atoms with Crippen molar-refractivity contribution in [2.24, 2.45) is 10.8 Å². The number of fused-ring (bicyclic) bond motifs is 1. The average molecular weight is 428 g/mol. The van der Waals surface area contributed by atoms with E-state index in [4.69, 9.17) is 9.47 Å². The second kappa shape index (κ2) is 7.40. The number of likely N-dealkylation sites (tertiary alicyclic amines) is 1. The van der Waals surface area contributed by atoms with E-state index in [-0.39, 0.29) is 0 Å². The molecule has 1 fully saturated rings. The summed E-state index contributed by atoms with van der Waals surface area (Å²) in [6, 6.07) is 11.3. The molecule has 0 saturated carbocycles. The molecular formula is C26H37NO4. The minimum Gasteiger partial charge on any atom is -0.497 e. The molecule has 1 aliphatic rings. The van der Waals surface area contributed by atoms with Crippen molar-refractivity contribution in [2.45, 2.75) is 72.6 Å². The third kappa shape index (κ3) is 3.89. The van der Waals surface area contributed by atoms with Crippen molar-refractivity contribution < 1.29 is 19.4 Å². The molecule has 3 rings (SSSR count). The van der Waals surface area contributed by atoms with Gasteiger partial charge >= 0.3 is 6.09 Å². The summed E-state index contributed by atoms with van der Waals surface area (Å²) in [5, 5.41) is 14.4. The Morgan fingerprint density at radius 2 is 1.74 bits per heavy atom. The van der Waals surface area contributed by atoms with Gasteiger partial charge in [0.05, 0.1) is 13.2 Å². The molecule has 2 atom stereocenters. The highest BCUT2D eigenvalue weighted by Gasteiger charge is 2.65. The van der Waals surface area contributed by atoms with Crippen molar-refractivity contribution in [1.29, 1.82) is 0 Å². The molecule has 1 amide bonds. The molecule has 0 aromatic heterocycles. The zero-order chi connectivity index (χ0) is 23.4. The van der Waals surface area contributed by atoms with Crippen LogP contribution in [0.2, 0.25) is 0 Å². The fraction of sp³-hybridized carbons (Fsp3) is 0.577. The normalized spacial score (nSPS) is 23.8. The Morgan fingerprint density at radius 1 is 1.10 bits per heavy atom. The number of methoxy groups -OCH3 is 1. The van der Waals surface area contributed by atoms with Gasteiger partial charge in [0.1, 0.15) is 17.0 Å². The van der Waals surface area contributed by atoms with Crippen LogP contribution in [0.15, 0.2) is 36.4 Å². The molecule has 1 N–H and O–H groups in total. The molecule has 170 valence electrons. The fourth-order valence-corrected chi connectivity index (χ4v) is 5.19. The van der Waals surface area contributed by atoms with Crippen LogP contribution < -0.4 is 4.74 Å². The van der Waals surface area contributed by atoms with Gasteiger partial charge in [-0.2, -0.15) is 0 Å². The van der Waals surface area contributed by atoms with E-state index in [1.165, 1.54) is 0 Å². The second-order valence-electron chi connectivity index (χ2n) is 11.3. The fourth-order valence-electron chi connectivity index (χ4n) is 5.19. The van der Waals surface area contributed by atoms with Crippen molar-refractivity contribution in [1.82, 2.24) is 4.90 Å². The molecule has 1 saturated heterocycles. The quantitative estimate of drug-likeness (QED) is 0.644. The molecule has 5 nitrogen and oxygen atoms in total. The largest absolute Gasteiger partial charge is 0.497 e.